The molecule has 0 aromatic heterocycles. The molecule has 1 unspecified atom stereocenters. The van der Waals surface area contributed by atoms with Gasteiger partial charge in [-0.1, -0.05) is 50.1 Å². The number of nitrogens with one attached hydrogen (secondary N) is 1. The Balaban J connectivity index is 1.76. The zero-order valence-electron chi connectivity index (χ0n) is 11.3. The van der Waals surface area contributed by atoms with Crippen molar-refractivity contribution in [3.63, 3.8) is 0 Å². The van der Waals surface area contributed by atoms with E-state index in [1.807, 2.05) is 30.3 Å². The van der Waals surface area contributed by atoms with Crippen molar-refractivity contribution in [3.8, 4) is 5.75 Å². The van der Waals surface area contributed by atoms with Gasteiger partial charge in [0, 0.05) is 21.5 Å². The molecule has 0 radical (unpaired) electrons. The second-order valence-electron chi connectivity index (χ2n) is 4.54. The van der Waals surface area contributed by atoms with Crippen molar-refractivity contribution in [2.45, 2.75) is 13.0 Å². The zero-order chi connectivity index (χ0) is 14.4. The molecule has 106 valence electrons. The van der Waals surface area contributed by atoms with Gasteiger partial charge in [-0.25, -0.2) is 0 Å². The normalized spacial score (nSPS) is 12.2. The van der Waals surface area contributed by atoms with Crippen LogP contribution in [0.25, 0.3) is 0 Å². The standard InChI is InChI=1S/C16H17Br2NO/c1-12(13-4-2-5-14(17)10-13)19-8-9-20-16-7-3-6-15(18)11-16/h2-7,10-12,19H,8-9H2,1H3. The molecule has 20 heavy (non-hydrogen) atoms. The van der Waals surface area contributed by atoms with E-state index >= 15 is 0 Å². The SMILES string of the molecule is CC(NCCOc1cccc(Br)c1)c1cccc(Br)c1. The molecule has 2 aromatic carbocycles. The Hall–Kier alpha value is -0.840. The van der Waals surface area contributed by atoms with Gasteiger partial charge in [0.25, 0.3) is 0 Å². The van der Waals surface area contributed by atoms with Crippen LogP contribution in [-0.4, -0.2) is 13.2 Å². The van der Waals surface area contributed by atoms with Gasteiger partial charge in [0.2, 0.25) is 0 Å². The number of rotatable bonds is 6. The first-order chi connectivity index (χ1) is 9.65. The summed E-state index contributed by atoms with van der Waals surface area (Å²) in [6, 6.07) is 16.5. The smallest absolute Gasteiger partial charge is 0.120 e. The second kappa shape index (κ2) is 7.81. The fourth-order valence-corrected chi connectivity index (χ4v) is 2.69. The Kier molecular flexibility index (Phi) is 6.07. The summed E-state index contributed by atoms with van der Waals surface area (Å²) in [6.45, 7) is 3.61. The predicted molar refractivity (Wildman–Crippen MR) is 90.2 cm³/mol. The summed E-state index contributed by atoms with van der Waals surface area (Å²) < 4.78 is 7.83. The van der Waals surface area contributed by atoms with Crippen LogP contribution >= 0.6 is 31.9 Å². The third-order valence-corrected chi connectivity index (χ3v) is 3.95. The molecule has 0 aliphatic carbocycles. The van der Waals surface area contributed by atoms with Crippen molar-refractivity contribution >= 4 is 31.9 Å². The van der Waals surface area contributed by atoms with E-state index in [1.54, 1.807) is 0 Å². The Morgan fingerprint density at radius 2 is 1.75 bits per heavy atom. The molecule has 0 saturated heterocycles. The van der Waals surface area contributed by atoms with Crippen LogP contribution in [0.2, 0.25) is 0 Å². The van der Waals surface area contributed by atoms with Crippen molar-refractivity contribution in [2.24, 2.45) is 0 Å². The first kappa shape index (κ1) is 15.5. The third kappa shape index (κ3) is 4.93. The van der Waals surface area contributed by atoms with Crippen LogP contribution in [0.5, 0.6) is 5.75 Å². The molecule has 0 bridgehead atoms. The van der Waals surface area contributed by atoms with Crippen LogP contribution in [-0.2, 0) is 0 Å². The molecule has 0 heterocycles. The van der Waals surface area contributed by atoms with Crippen LogP contribution in [0.3, 0.4) is 0 Å². The molecule has 0 amide bonds. The highest BCUT2D eigenvalue weighted by Gasteiger charge is 2.04. The monoisotopic (exact) mass is 397 g/mol. The molecule has 2 rings (SSSR count). The van der Waals surface area contributed by atoms with Crippen molar-refractivity contribution in [2.75, 3.05) is 13.2 Å². The van der Waals surface area contributed by atoms with Crippen molar-refractivity contribution in [1.29, 1.82) is 0 Å². The highest BCUT2D eigenvalue weighted by molar-refractivity contribution is 9.10. The maximum absolute atomic E-state index is 5.70. The quantitative estimate of drug-likeness (QED) is 0.695. The fourth-order valence-electron chi connectivity index (χ4n) is 1.89. The molecular weight excluding hydrogens is 382 g/mol. The summed E-state index contributed by atoms with van der Waals surface area (Å²) >= 11 is 6.92. The van der Waals surface area contributed by atoms with Gasteiger partial charge in [0.15, 0.2) is 0 Å². The Labute approximate surface area is 136 Å². The van der Waals surface area contributed by atoms with Crippen LogP contribution in [0.1, 0.15) is 18.5 Å². The molecule has 0 fully saturated rings. The van der Waals surface area contributed by atoms with Gasteiger partial charge in [0.1, 0.15) is 12.4 Å². The van der Waals surface area contributed by atoms with Gasteiger partial charge in [-0.05, 0) is 42.8 Å². The van der Waals surface area contributed by atoms with Crippen molar-refractivity contribution < 1.29 is 4.74 Å². The lowest BCUT2D eigenvalue weighted by molar-refractivity contribution is 0.307. The van der Waals surface area contributed by atoms with E-state index in [-0.39, 0.29) is 0 Å². The first-order valence-corrected chi connectivity index (χ1v) is 8.11. The van der Waals surface area contributed by atoms with Crippen LogP contribution < -0.4 is 10.1 Å². The summed E-state index contributed by atoms with van der Waals surface area (Å²) in [7, 11) is 0. The van der Waals surface area contributed by atoms with E-state index in [2.05, 4.69) is 62.3 Å². The molecule has 2 nitrogen and oxygen atoms in total. The van der Waals surface area contributed by atoms with Gasteiger partial charge in [-0.2, -0.15) is 0 Å². The molecule has 0 aliphatic heterocycles. The summed E-state index contributed by atoms with van der Waals surface area (Å²) in [4.78, 5) is 0. The minimum atomic E-state index is 0.304. The minimum absolute atomic E-state index is 0.304. The maximum atomic E-state index is 5.70. The Morgan fingerprint density at radius 3 is 2.45 bits per heavy atom. The molecular formula is C16H17Br2NO. The van der Waals surface area contributed by atoms with E-state index in [1.165, 1.54) is 5.56 Å². The van der Waals surface area contributed by atoms with E-state index in [0.29, 0.717) is 12.6 Å². The minimum Gasteiger partial charge on any atom is -0.492 e. The molecule has 0 saturated carbocycles. The summed E-state index contributed by atoms with van der Waals surface area (Å²) in [5.41, 5.74) is 1.27. The first-order valence-electron chi connectivity index (χ1n) is 6.52. The van der Waals surface area contributed by atoms with E-state index < -0.39 is 0 Å². The van der Waals surface area contributed by atoms with Gasteiger partial charge in [-0.3, -0.25) is 0 Å². The highest BCUT2D eigenvalue weighted by Crippen LogP contribution is 2.18. The van der Waals surface area contributed by atoms with Gasteiger partial charge in [0.05, 0.1) is 0 Å². The average molecular weight is 399 g/mol. The van der Waals surface area contributed by atoms with Gasteiger partial charge < -0.3 is 10.1 Å². The highest BCUT2D eigenvalue weighted by atomic mass is 79.9. The molecule has 0 aliphatic rings. The average Bonchev–Trinajstić information content (AvgIpc) is 2.43. The van der Waals surface area contributed by atoms with E-state index in [0.717, 1.165) is 21.2 Å². The fraction of sp³-hybridized carbons (Fsp3) is 0.250. The number of ether oxygens (including phenoxy) is 1. The Morgan fingerprint density at radius 1 is 1.05 bits per heavy atom. The van der Waals surface area contributed by atoms with Crippen LogP contribution in [0.15, 0.2) is 57.5 Å². The number of hydrogen-bond donors (Lipinski definition) is 1. The van der Waals surface area contributed by atoms with Gasteiger partial charge >= 0.3 is 0 Å². The molecule has 4 heteroatoms. The topological polar surface area (TPSA) is 21.3 Å². The van der Waals surface area contributed by atoms with E-state index in [9.17, 15) is 0 Å². The molecule has 2 aromatic rings. The zero-order valence-corrected chi connectivity index (χ0v) is 14.4. The summed E-state index contributed by atoms with van der Waals surface area (Å²) in [6.07, 6.45) is 0. The molecule has 1 N–H and O–H groups in total. The number of benzene rings is 2. The predicted octanol–water partition coefficient (Wildman–Crippen LogP) is 4.94. The summed E-state index contributed by atoms with van der Waals surface area (Å²) in [5, 5.41) is 3.45. The number of hydrogen-bond acceptors (Lipinski definition) is 2. The lowest BCUT2D eigenvalue weighted by atomic mass is 10.1. The van der Waals surface area contributed by atoms with E-state index in [4.69, 9.17) is 4.74 Å². The van der Waals surface area contributed by atoms with Crippen molar-refractivity contribution in [3.05, 3.63) is 63.0 Å². The molecule has 0 spiro atoms. The largest absolute Gasteiger partial charge is 0.492 e. The maximum Gasteiger partial charge on any atom is 0.120 e. The number of halogens is 2. The van der Waals surface area contributed by atoms with Crippen LogP contribution in [0.4, 0.5) is 0 Å². The third-order valence-electron chi connectivity index (χ3n) is 2.97. The lowest BCUT2D eigenvalue weighted by Gasteiger charge is -2.15. The summed E-state index contributed by atoms with van der Waals surface area (Å²) in [5.74, 6) is 0.885. The lowest BCUT2D eigenvalue weighted by Crippen LogP contribution is -2.24. The second-order valence-corrected chi connectivity index (χ2v) is 6.37. The Bertz CT molecular complexity index is 560. The van der Waals surface area contributed by atoms with Crippen molar-refractivity contribution in [1.82, 2.24) is 5.32 Å². The molecule has 1 atom stereocenters. The van der Waals surface area contributed by atoms with Gasteiger partial charge in [-0.15, -0.1) is 0 Å². The van der Waals surface area contributed by atoms with Crippen LogP contribution in [0, 0.1) is 0 Å².